The van der Waals surface area contributed by atoms with E-state index in [1.807, 2.05) is 12.1 Å². The van der Waals surface area contributed by atoms with Crippen LogP contribution in [0.25, 0.3) is 36.5 Å². The van der Waals surface area contributed by atoms with Gasteiger partial charge in [0.25, 0.3) is 0 Å². The Morgan fingerprint density at radius 1 is 0.432 bits per heavy atom. The molecule has 0 amide bonds. The molecule has 3 rings (SSSR count). The van der Waals surface area contributed by atoms with Crippen molar-refractivity contribution >= 4 is 54.0 Å². The predicted octanol–water partition coefficient (Wildman–Crippen LogP) is 11.8. The van der Waals surface area contributed by atoms with Gasteiger partial charge in [-0.15, -0.1) is 0 Å². The van der Waals surface area contributed by atoms with E-state index in [2.05, 4.69) is 152 Å². The Morgan fingerprint density at radius 2 is 0.705 bits per heavy atom. The first kappa shape index (κ1) is 35.1. The lowest BCUT2D eigenvalue weighted by molar-refractivity contribution is 0.401. The highest BCUT2D eigenvalue weighted by Crippen LogP contribution is 2.32. The smallest absolute Gasteiger partial charge is 0.126 e. The lowest BCUT2D eigenvalue weighted by atomic mass is 10.0. The van der Waals surface area contributed by atoms with Gasteiger partial charge in [-0.2, -0.15) is 0 Å². The third kappa shape index (κ3) is 10.4. The molecule has 0 aliphatic heterocycles. The van der Waals surface area contributed by atoms with Gasteiger partial charge in [0.1, 0.15) is 11.5 Å². The number of hydrogen-bond donors (Lipinski definition) is 0. The SMILES string of the molecule is COc1cc(/C=C/c2ccc(/C=C/[Si](C(C)C)C(C)C)cc2)c(OC)cc1/C=C/c1ccc(/C=C/[Si](C(C)C)C(C)C)cc1. The van der Waals surface area contributed by atoms with Crippen LogP contribution in [-0.4, -0.2) is 31.8 Å². The summed E-state index contributed by atoms with van der Waals surface area (Å²) in [6, 6.07) is 21.6. The molecule has 0 spiro atoms. The molecule has 0 atom stereocenters. The number of benzene rings is 3. The molecule has 0 unspecified atom stereocenters. The van der Waals surface area contributed by atoms with Crippen molar-refractivity contribution in [3.05, 3.63) is 105 Å². The third-order valence-electron chi connectivity index (χ3n) is 7.97. The molecule has 0 N–H and O–H groups in total. The molecule has 3 aromatic carbocycles. The Hall–Kier alpha value is -3.35. The second kappa shape index (κ2) is 17.2. The third-order valence-corrected chi connectivity index (χ3v) is 14.4. The Kier molecular flexibility index (Phi) is 13.8. The van der Waals surface area contributed by atoms with Gasteiger partial charge in [-0.05, 0) is 56.6 Å². The predicted molar refractivity (Wildman–Crippen MR) is 200 cm³/mol. The molecule has 0 aliphatic rings. The summed E-state index contributed by atoms with van der Waals surface area (Å²) in [5.41, 5.74) is 14.6. The fourth-order valence-corrected chi connectivity index (χ4v) is 10.5. The molecule has 0 bridgehead atoms. The van der Waals surface area contributed by atoms with E-state index in [1.54, 1.807) is 14.2 Å². The molecule has 2 radical (unpaired) electrons. The molecule has 0 saturated carbocycles. The fraction of sp³-hybridized carbons (Fsp3) is 0.350. The number of hydrogen-bond acceptors (Lipinski definition) is 2. The zero-order valence-electron chi connectivity index (χ0n) is 28.5. The monoisotopic (exact) mass is 620 g/mol. The van der Waals surface area contributed by atoms with E-state index in [4.69, 9.17) is 9.47 Å². The van der Waals surface area contributed by atoms with Crippen LogP contribution in [0, 0.1) is 0 Å². The highest BCUT2D eigenvalue weighted by Gasteiger charge is 2.17. The topological polar surface area (TPSA) is 18.5 Å². The number of rotatable bonds is 14. The van der Waals surface area contributed by atoms with Gasteiger partial charge in [0, 0.05) is 11.1 Å². The van der Waals surface area contributed by atoms with Crippen LogP contribution in [-0.2, 0) is 0 Å². The average Bonchev–Trinajstić information content (AvgIpc) is 2.99. The summed E-state index contributed by atoms with van der Waals surface area (Å²) in [5, 5.41) is 0. The highest BCUT2D eigenvalue weighted by molar-refractivity contribution is 6.68. The van der Waals surface area contributed by atoms with Crippen LogP contribution in [0.4, 0.5) is 0 Å². The minimum atomic E-state index is -0.508. The standard InChI is InChI=1S/C40H52O2Si2/c1-29(2)43(30(3)4)25-23-35-15-11-33(12-16-35)19-21-37-27-40(42-10)38(28-39(37)41-9)22-20-34-13-17-36(18-14-34)24-26-44(31(5)6)32(7)8/h11-32H,1-10H3/b21-19+,22-20+,25-23+,26-24+. The first-order valence-electron chi connectivity index (χ1n) is 15.9. The molecular formula is C40H52O2Si2. The van der Waals surface area contributed by atoms with Crippen LogP contribution >= 0.6 is 0 Å². The van der Waals surface area contributed by atoms with Crippen molar-refractivity contribution in [1.82, 2.24) is 0 Å². The van der Waals surface area contributed by atoms with Gasteiger partial charge >= 0.3 is 0 Å². The van der Waals surface area contributed by atoms with Crippen molar-refractivity contribution in [2.75, 3.05) is 14.2 Å². The van der Waals surface area contributed by atoms with E-state index in [0.29, 0.717) is 0 Å². The maximum atomic E-state index is 5.78. The first-order valence-corrected chi connectivity index (χ1v) is 19.4. The van der Waals surface area contributed by atoms with Gasteiger partial charge in [-0.1, -0.05) is 152 Å². The maximum Gasteiger partial charge on any atom is 0.126 e. The van der Waals surface area contributed by atoms with Gasteiger partial charge in [-0.3, -0.25) is 0 Å². The summed E-state index contributed by atoms with van der Waals surface area (Å²) in [4.78, 5) is 0. The quantitative estimate of drug-likeness (QED) is 0.132. The molecule has 44 heavy (non-hydrogen) atoms. The van der Waals surface area contributed by atoms with Crippen LogP contribution in [0.15, 0.2) is 72.1 Å². The van der Waals surface area contributed by atoms with E-state index in [1.165, 1.54) is 11.1 Å². The van der Waals surface area contributed by atoms with E-state index in [-0.39, 0.29) is 0 Å². The highest BCUT2D eigenvalue weighted by atomic mass is 28.3. The molecule has 4 heteroatoms. The van der Waals surface area contributed by atoms with Crippen molar-refractivity contribution in [2.24, 2.45) is 0 Å². The zero-order chi connectivity index (χ0) is 32.2. The van der Waals surface area contributed by atoms with Crippen LogP contribution in [0.3, 0.4) is 0 Å². The summed E-state index contributed by atoms with van der Waals surface area (Å²) in [5.74, 6) is 1.62. The van der Waals surface area contributed by atoms with Crippen molar-refractivity contribution in [3.8, 4) is 11.5 Å². The van der Waals surface area contributed by atoms with Crippen LogP contribution in [0.2, 0.25) is 22.2 Å². The van der Waals surface area contributed by atoms with Gasteiger partial charge in [-0.25, -0.2) is 0 Å². The second-order valence-corrected chi connectivity index (χ2v) is 19.9. The van der Waals surface area contributed by atoms with Crippen molar-refractivity contribution < 1.29 is 9.47 Å². The first-order chi connectivity index (χ1) is 21.0. The van der Waals surface area contributed by atoms with Crippen molar-refractivity contribution in [1.29, 1.82) is 0 Å². The molecule has 2 nitrogen and oxygen atoms in total. The summed E-state index contributed by atoms with van der Waals surface area (Å²) < 4.78 is 11.6. The number of methoxy groups -OCH3 is 2. The van der Waals surface area contributed by atoms with Crippen LogP contribution < -0.4 is 9.47 Å². The second-order valence-electron chi connectivity index (χ2n) is 12.6. The minimum Gasteiger partial charge on any atom is -0.496 e. The Morgan fingerprint density at radius 3 is 0.955 bits per heavy atom. The van der Waals surface area contributed by atoms with Crippen molar-refractivity contribution in [2.45, 2.75) is 77.6 Å². The molecule has 0 heterocycles. The summed E-state index contributed by atoms with van der Waals surface area (Å²) in [6.45, 7) is 18.7. The maximum absolute atomic E-state index is 5.78. The van der Waals surface area contributed by atoms with Gasteiger partial charge in [0.2, 0.25) is 0 Å². The van der Waals surface area contributed by atoms with Crippen LogP contribution in [0.5, 0.6) is 11.5 Å². The molecule has 0 aromatic heterocycles. The largest absolute Gasteiger partial charge is 0.496 e. The molecule has 0 aliphatic carbocycles. The van der Waals surface area contributed by atoms with Gasteiger partial charge < -0.3 is 9.47 Å². The van der Waals surface area contributed by atoms with E-state index in [9.17, 15) is 0 Å². The Labute approximate surface area is 271 Å². The molecule has 232 valence electrons. The Balaban J connectivity index is 1.74. The summed E-state index contributed by atoms with van der Waals surface area (Å²) in [7, 11) is 2.42. The lowest BCUT2D eigenvalue weighted by Crippen LogP contribution is -2.17. The minimum absolute atomic E-state index is 0.508. The van der Waals surface area contributed by atoms with E-state index in [0.717, 1.165) is 55.9 Å². The van der Waals surface area contributed by atoms with E-state index < -0.39 is 17.6 Å². The molecule has 0 fully saturated rings. The van der Waals surface area contributed by atoms with Crippen LogP contribution in [0.1, 0.15) is 88.8 Å². The summed E-state index contributed by atoms with van der Waals surface area (Å²) in [6.07, 6.45) is 13.0. The zero-order valence-corrected chi connectivity index (χ0v) is 30.5. The van der Waals surface area contributed by atoms with Gasteiger partial charge in [0.15, 0.2) is 0 Å². The van der Waals surface area contributed by atoms with Gasteiger partial charge in [0.05, 0.1) is 31.8 Å². The fourth-order valence-electron chi connectivity index (χ4n) is 5.50. The normalized spacial score (nSPS) is 12.7. The average molecular weight is 621 g/mol. The molecular weight excluding hydrogens is 569 g/mol. The lowest BCUT2D eigenvalue weighted by Gasteiger charge is -2.18. The molecule has 3 aromatic rings. The Bertz CT molecular complexity index is 1300. The summed E-state index contributed by atoms with van der Waals surface area (Å²) >= 11 is 0. The number of ether oxygens (including phenoxy) is 2. The van der Waals surface area contributed by atoms with Crippen molar-refractivity contribution in [3.63, 3.8) is 0 Å². The van der Waals surface area contributed by atoms with E-state index >= 15 is 0 Å². The molecule has 0 saturated heterocycles.